The Morgan fingerprint density at radius 1 is 1.13 bits per heavy atom. The highest BCUT2D eigenvalue weighted by Gasteiger charge is 2.09. The third-order valence-electron chi connectivity index (χ3n) is 3.68. The number of hydrogen-bond acceptors (Lipinski definition) is 3. The molecular weight excluding hydrogens is 314 g/mol. The van der Waals surface area contributed by atoms with E-state index in [4.69, 9.17) is 5.73 Å². The van der Waals surface area contributed by atoms with Gasteiger partial charge in [0.1, 0.15) is 0 Å². The lowest BCUT2D eigenvalue weighted by molar-refractivity contribution is -0.131. The van der Waals surface area contributed by atoms with Gasteiger partial charge in [0.15, 0.2) is 0 Å². The lowest BCUT2D eigenvalue weighted by Gasteiger charge is -2.18. The maximum Gasteiger partial charge on any atom is 0.222 e. The van der Waals surface area contributed by atoms with Crippen molar-refractivity contribution in [3.05, 3.63) is 29.8 Å². The van der Waals surface area contributed by atoms with Crippen molar-refractivity contribution in [1.82, 2.24) is 10.2 Å². The molecule has 0 fully saturated rings. The number of rotatable bonds is 9. The summed E-state index contributed by atoms with van der Waals surface area (Å²) in [6.07, 6.45) is 2.21. The zero-order chi connectivity index (χ0) is 16.4. The number of para-hydroxylation sites is 1. The van der Waals surface area contributed by atoms with E-state index < -0.39 is 0 Å². The number of nitrogens with two attached hydrogens (primary N) is 1. The summed E-state index contributed by atoms with van der Waals surface area (Å²) in [5.74, 6) is 0.148. The Hall–Kier alpha value is -1.75. The maximum absolute atomic E-state index is 11.8. The molecule has 5 nitrogen and oxygen atoms in total. The first-order valence-electron chi connectivity index (χ1n) is 7.96. The van der Waals surface area contributed by atoms with E-state index in [0.717, 1.165) is 24.3 Å². The van der Waals surface area contributed by atoms with Crippen LogP contribution in [0.2, 0.25) is 0 Å². The molecule has 1 aromatic rings. The van der Waals surface area contributed by atoms with Gasteiger partial charge in [-0.25, -0.2) is 0 Å². The summed E-state index contributed by atoms with van der Waals surface area (Å²) in [4.78, 5) is 25.4. The number of hydrogen-bond donors (Lipinski definition) is 2. The largest absolute Gasteiger partial charge is 0.399 e. The van der Waals surface area contributed by atoms with Gasteiger partial charge in [0.05, 0.1) is 0 Å². The van der Waals surface area contributed by atoms with Gasteiger partial charge in [-0.2, -0.15) is 0 Å². The smallest absolute Gasteiger partial charge is 0.222 e. The lowest BCUT2D eigenvalue weighted by atomic mass is 10.1. The molecule has 0 aliphatic rings. The van der Waals surface area contributed by atoms with Gasteiger partial charge < -0.3 is 16.0 Å². The third kappa shape index (κ3) is 7.88. The first-order chi connectivity index (χ1) is 10.6. The summed E-state index contributed by atoms with van der Waals surface area (Å²) < 4.78 is 0. The molecule has 0 bridgehead atoms. The summed E-state index contributed by atoms with van der Waals surface area (Å²) >= 11 is 0. The summed E-state index contributed by atoms with van der Waals surface area (Å²) in [6.45, 7) is 5.95. The van der Waals surface area contributed by atoms with Crippen LogP contribution in [0.1, 0.15) is 38.7 Å². The number of nitrogens with one attached hydrogen (secondary N) is 1. The number of aryl methyl sites for hydroxylation is 1. The van der Waals surface area contributed by atoms with Crippen LogP contribution < -0.4 is 11.1 Å². The molecule has 130 valence electrons. The molecule has 0 aromatic heterocycles. The average Bonchev–Trinajstić information content (AvgIpc) is 2.52. The van der Waals surface area contributed by atoms with E-state index in [9.17, 15) is 9.59 Å². The fourth-order valence-electron chi connectivity index (χ4n) is 2.30. The molecule has 0 radical (unpaired) electrons. The normalized spacial score (nSPS) is 9.83. The van der Waals surface area contributed by atoms with E-state index in [1.54, 1.807) is 4.90 Å². The molecule has 0 aliphatic heterocycles. The van der Waals surface area contributed by atoms with Crippen molar-refractivity contribution in [2.24, 2.45) is 0 Å². The summed E-state index contributed by atoms with van der Waals surface area (Å²) in [6, 6.07) is 7.58. The monoisotopic (exact) mass is 341 g/mol. The summed E-state index contributed by atoms with van der Waals surface area (Å²) in [5, 5.41) is 2.85. The minimum absolute atomic E-state index is 0. The molecule has 0 heterocycles. The third-order valence-corrected chi connectivity index (χ3v) is 3.68. The van der Waals surface area contributed by atoms with Crippen LogP contribution in [-0.2, 0) is 16.0 Å². The Labute approximate surface area is 145 Å². The second kappa shape index (κ2) is 11.8. The number of carbonyl (C=O) groups excluding carboxylic acids is 2. The van der Waals surface area contributed by atoms with Gasteiger partial charge >= 0.3 is 0 Å². The molecule has 0 aliphatic carbocycles. The van der Waals surface area contributed by atoms with Crippen LogP contribution in [0.4, 0.5) is 5.69 Å². The van der Waals surface area contributed by atoms with Gasteiger partial charge in [-0.3, -0.25) is 9.59 Å². The molecule has 0 saturated carbocycles. The van der Waals surface area contributed by atoms with E-state index in [1.165, 1.54) is 0 Å². The number of nitrogen functional groups attached to an aromatic ring is 1. The fraction of sp³-hybridized carbons (Fsp3) is 0.529. The predicted molar refractivity (Wildman–Crippen MR) is 96.6 cm³/mol. The number of halogens is 1. The Bertz CT molecular complexity index is 490. The minimum Gasteiger partial charge on any atom is -0.399 e. The van der Waals surface area contributed by atoms with E-state index in [1.807, 2.05) is 38.1 Å². The van der Waals surface area contributed by atoms with Crippen molar-refractivity contribution in [1.29, 1.82) is 0 Å². The van der Waals surface area contributed by atoms with Crippen LogP contribution in [0.25, 0.3) is 0 Å². The fourth-order valence-corrected chi connectivity index (χ4v) is 2.30. The summed E-state index contributed by atoms with van der Waals surface area (Å²) in [5.41, 5.74) is 7.56. The van der Waals surface area contributed by atoms with Gasteiger partial charge in [0.2, 0.25) is 11.8 Å². The standard InChI is InChI=1S/C17H27N3O2.ClH/c1-3-20(4-2)17(22)10-7-13-19-16(21)12-11-14-8-5-6-9-15(14)18;/h5-6,8-9H,3-4,7,10-13,18H2,1-2H3,(H,19,21);1H. The second-order valence-electron chi connectivity index (χ2n) is 5.22. The van der Waals surface area contributed by atoms with Crippen LogP contribution in [-0.4, -0.2) is 36.3 Å². The second-order valence-corrected chi connectivity index (χ2v) is 5.22. The Balaban J connectivity index is 0.00000484. The molecule has 6 heteroatoms. The van der Waals surface area contributed by atoms with E-state index in [2.05, 4.69) is 5.32 Å². The van der Waals surface area contributed by atoms with Crippen molar-refractivity contribution in [3.63, 3.8) is 0 Å². The average molecular weight is 342 g/mol. The highest BCUT2D eigenvalue weighted by atomic mass is 35.5. The van der Waals surface area contributed by atoms with Gasteiger partial charge in [0, 0.05) is 38.2 Å². The summed E-state index contributed by atoms with van der Waals surface area (Å²) in [7, 11) is 0. The van der Waals surface area contributed by atoms with Gasteiger partial charge in [0.25, 0.3) is 0 Å². The van der Waals surface area contributed by atoms with Gasteiger partial charge in [-0.1, -0.05) is 18.2 Å². The van der Waals surface area contributed by atoms with Crippen LogP contribution in [0.3, 0.4) is 0 Å². The number of benzene rings is 1. The number of amides is 2. The SMILES string of the molecule is CCN(CC)C(=O)CCCNC(=O)CCc1ccccc1N.Cl. The molecule has 1 aromatic carbocycles. The number of nitrogens with zero attached hydrogens (tertiary/aromatic N) is 1. The number of anilines is 1. The van der Waals surface area contributed by atoms with Crippen LogP contribution in [0.15, 0.2) is 24.3 Å². The van der Waals surface area contributed by atoms with Crippen LogP contribution in [0, 0.1) is 0 Å². The molecule has 0 unspecified atom stereocenters. The highest BCUT2D eigenvalue weighted by Crippen LogP contribution is 2.12. The van der Waals surface area contributed by atoms with Crippen molar-refractivity contribution >= 4 is 29.9 Å². The molecule has 0 spiro atoms. The van der Waals surface area contributed by atoms with Crippen molar-refractivity contribution in [3.8, 4) is 0 Å². The van der Waals surface area contributed by atoms with Crippen LogP contribution >= 0.6 is 12.4 Å². The molecule has 2 amide bonds. The molecule has 0 atom stereocenters. The van der Waals surface area contributed by atoms with E-state index in [-0.39, 0.29) is 24.2 Å². The maximum atomic E-state index is 11.8. The molecule has 23 heavy (non-hydrogen) atoms. The van der Waals surface area contributed by atoms with Gasteiger partial charge in [-0.05, 0) is 38.3 Å². The first kappa shape index (κ1) is 21.2. The molecule has 1 rings (SSSR count). The van der Waals surface area contributed by atoms with E-state index in [0.29, 0.717) is 32.2 Å². The van der Waals surface area contributed by atoms with Crippen molar-refractivity contribution in [2.75, 3.05) is 25.4 Å². The molecule has 3 N–H and O–H groups in total. The zero-order valence-electron chi connectivity index (χ0n) is 14.0. The Morgan fingerprint density at radius 3 is 2.39 bits per heavy atom. The molecule has 0 saturated heterocycles. The molecular formula is C17H28ClN3O2. The van der Waals surface area contributed by atoms with E-state index >= 15 is 0 Å². The predicted octanol–water partition coefficient (Wildman–Crippen LogP) is 2.39. The van der Waals surface area contributed by atoms with Crippen molar-refractivity contribution < 1.29 is 9.59 Å². The Morgan fingerprint density at radius 2 is 1.78 bits per heavy atom. The zero-order valence-corrected chi connectivity index (χ0v) is 14.8. The van der Waals surface area contributed by atoms with Crippen LogP contribution in [0.5, 0.6) is 0 Å². The highest BCUT2D eigenvalue weighted by molar-refractivity contribution is 5.85. The van der Waals surface area contributed by atoms with Crippen molar-refractivity contribution in [2.45, 2.75) is 39.5 Å². The first-order valence-corrected chi connectivity index (χ1v) is 7.96. The number of carbonyl (C=O) groups is 2. The quantitative estimate of drug-likeness (QED) is 0.535. The topological polar surface area (TPSA) is 75.4 Å². The minimum atomic E-state index is -0.00135. The lowest BCUT2D eigenvalue weighted by Crippen LogP contribution is -2.31. The Kier molecular flexibility index (Phi) is 10.9. The van der Waals surface area contributed by atoms with Gasteiger partial charge in [-0.15, -0.1) is 12.4 Å².